The summed E-state index contributed by atoms with van der Waals surface area (Å²) < 4.78 is 61.5. The van der Waals surface area contributed by atoms with Crippen LogP contribution in [0.25, 0.3) is 135 Å². The second-order valence-corrected chi connectivity index (χ2v) is 30.7. The Labute approximate surface area is 828 Å². The van der Waals surface area contributed by atoms with Crippen LogP contribution in [0.1, 0.15) is 90.7 Å². The Hall–Kier alpha value is -14.4. The van der Waals surface area contributed by atoms with Crippen molar-refractivity contribution in [2.45, 2.75) is 65.5 Å². The number of pyridine rings is 4. The largest absolute Gasteiger partial charge is 0.418 e. The van der Waals surface area contributed by atoms with E-state index in [1.807, 2.05) is 140 Å². The van der Waals surface area contributed by atoms with Crippen LogP contribution in [0.15, 0.2) is 313 Å². The fourth-order valence-corrected chi connectivity index (χ4v) is 15.2. The van der Waals surface area contributed by atoms with Crippen LogP contribution < -0.4 is 9.47 Å². The van der Waals surface area contributed by atoms with Crippen LogP contribution in [0.4, 0.5) is 13.2 Å². The number of hydrogen-bond acceptors (Lipinski definition) is 12. The molecule has 0 aliphatic heterocycles. The van der Waals surface area contributed by atoms with E-state index < -0.39 is 17.2 Å². The maximum atomic E-state index is 12.7. The van der Waals surface area contributed by atoms with Gasteiger partial charge in [0, 0.05) is 154 Å². The third-order valence-electron chi connectivity index (χ3n) is 21.5. The number of fused-ring (bicyclic) bond motifs is 10. The van der Waals surface area contributed by atoms with Gasteiger partial charge in [-0.2, -0.15) is 13.2 Å². The molecule has 1 atom stereocenters. The summed E-state index contributed by atoms with van der Waals surface area (Å²) in [6.45, 7) is 15.1. The summed E-state index contributed by atoms with van der Waals surface area (Å²) in [4.78, 5) is 17.6. The van der Waals surface area contributed by atoms with E-state index in [-0.39, 0.29) is 112 Å². The Morgan fingerprint density at radius 2 is 0.725 bits per heavy atom. The molecule has 1 unspecified atom stereocenters. The van der Waals surface area contributed by atoms with E-state index in [4.69, 9.17) is 31.2 Å². The Morgan fingerprint density at radius 1 is 0.336 bits per heavy atom. The number of benzene rings is 11. The SMILES string of the molecule is C#CC#CC#COc1cc2c(cc1OC#CC#CC#C)C1(c3ccccc3-c3cc(-c4cc[c-]c(-c5ccccn5)c4)ccc31)c1cc(C)c(C)cc1-2.CC(C)(C)c1ccc(-c2nnc(-c3cc[c-]c(-c4ccccn4)c3)o2)cc1.Cc1ccc(C)c(-c2cc[c-]c(-c3ccccn3)c2)c1.FC(F)(F)c1ccc(-c2nnc(-c3cc[c-]c(-c4ccccn4)c3)o2)cc1.[HH].[HH].[HH].[HH].[HH].[HH].[HH].[HH].[HH].[HH].[Ir].[Ir].[Ir].[Ir]. The molecular weight excluding hydrogens is 2350 g/mol. The van der Waals surface area contributed by atoms with Crippen LogP contribution in [-0.2, 0) is 97.4 Å². The van der Waals surface area contributed by atoms with E-state index in [0.29, 0.717) is 34.4 Å². The first-order valence-electron chi connectivity index (χ1n) is 40.4. The quantitative estimate of drug-likeness (QED) is 0.0847. The van der Waals surface area contributed by atoms with Crippen molar-refractivity contribution in [3.63, 3.8) is 0 Å². The van der Waals surface area contributed by atoms with Gasteiger partial charge in [0.2, 0.25) is 23.6 Å². The van der Waals surface area contributed by atoms with Crippen LogP contribution in [0.5, 0.6) is 11.5 Å². The van der Waals surface area contributed by atoms with Gasteiger partial charge in [0.15, 0.2) is 11.5 Å². The van der Waals surface area contributed by atoms with Crippen molar-refractivity contribution in [3.8, 4) is 219 Å². The van der Waals surface area contributed by atoms with Gasteiger partial charge in [0.05, 0.1) is 11.0 Å². The number of ether oxygens (including phenoxy) is 2. The molecule has 17 aromatic rings. The number of rotatable bonds is 12. The Balaban J connectivity index is 0.000000658. The normalized spacial score (nSPS) is 11.7. The molecule has 2 aliphatic rings. The fraction of sp³-hybridized carbons (Fsp3) is 0.0893. The minimum absolute atomic E-state index is 0. The number of aryl methyl sites for hydroxylation is 4. The molecule has 0 saturated heterocycles. The fourth-order valence-electron chi connectivity index (χ4n) is 15.2. The summed E-state index contributed by atoms with van der Waals surface area (Å²) in [7, 11) is 0. The first kappa shape index (κ1) is 95.7. The van der Waals surface area contributed by atoms with Crippen LogP contribution >= 0.6 is 0 Å². The van der Waals surface area contributed by atoms with Gasteiger partial charge >= 0.3 is 6.18 Å². The minimum Gasteiger partial charge on any atom is -0.418 e. The molecule has 0 saturated carbocycles. The molecule has 0 fully saturated rings. The Morgan fingerprint density at radius 3 is 1.20 bits per heavy atom. The summed E-state index contributed by atoms with van der Waals surface area (Å²) in [5.41, 5.74) is 28.5. The average molecular weight is 2440 g/mol. The number of hydrogen-bond donors (Lipinski definition) is 0. The van der Waals surface area contributed by atoms with Gasteiger partial charge in [-0.25, -0.2) is 0 Å². The van der Waals surface area contributed by atoms with E-state index in [1.165, 1.54) is 73.3 Å². The summed E-state index contributed by atoms with van der Waals surface area (Å²) >= 11 is 0. The zero-order valence-electron chi connectivity index (χ0n) is 71.2. The van der Waals surface area contributed by atoms with Gasteiger partial charge < -0.3 is 38.2 Å². The van der Waals surface area contributed by atoms with Crippen molar-refractivity contribution in [3.05, 3.63) is 384 Å². The predicted molar refractivity (Wildman–Crippen MR) is 512 cm³/mol. The summed E-state index contributed by atoms with van der Waals surface area (Å²) in [5, 5.41) is 16.4. The molecule has 0 amide bonds. The van der Waals surface area contributed by atoms with Gasteiger partial charge in [-0.05, 0) is 247 Å². The smallest absolute Gasteiger partial charge is 0.416 e. The van der Waals surface area contributed by atoms with E-state index in [0.717, 1.165) is 102 Å². The molecule has 1 spiro atoms. The first-order chi connectivity index (χ1) is 61.8. The number of nitrogens with zero attached hydrogens (tertiary/aromatic N) is 8. The first-order valence-corrected chi connectivity index (χ1v) is 40.4. The molecule has 19 rings (SSSR count). The van der Waals surface area contributed by atoms with Gasteiger partial charge in [-0.3, -0.25) is 0 Å². The molecule has 12 nitrogen and oxygen atoms in total. The maximum absolute atomic E-state index is 12.7. The third-order valence-corrected chi connectivity index (χ3v) is 21.5. The van der Waals surface area contributed by atoms with Crippen molar-refractivity contribution < 1.29 is 126 Å². The number of alkyl halides is 3. The van der Waals surface area contributed by atoms with Crippen molar-refractivity contribution in [1.82, 2.24) is 40.3 Å². The standard InChI is InChI=1S/C50H26NO2.C23H20N3O.C20H11F3N3O.C19H16N.4Ir.10H2/c1-5-7-9-15-26-52-48-32-42-40-28-34(3)35(4)29-45(40)50(46(42)33-49(48)53-27-16-10-8-6-2)43-21-12-11-20-39(43)41-31-37(23-24-44(41)50)36-18-17-19-38(30-36)47-22-13-14-25-51-47;1-23(2,3)19-12-10-16(11-13-19)21-25-26-22(27-21)18-8-6-7-17(15-18)20-9-4-5-14-24-20;21-20(22,23)16-9-7-13(8-10-16)18-25-26-19(27-18)15-5-3-4-14(12-15)17-6-1-2-11-24-17;1-14-9-10-15(2)18(12-14)16-6-5-7-17(13-16)19-8-3-4-11-20-19;;;;;;;;;;;;;;/h1-2,11-14,17-18,20-25,28-33H,3-4H3;4-6,8-15H,1-3H3;1-3,5-12H;3-6,8-13H,1-2H3;;;;;10*1H/q4*-1;;;;;;;;;;;;;;. The molecule has 19 heteroatoms. The second kappa shape index (κ2) is 43.2. The van der Waals surface area contributed by atoms with Gasteiger partial charge in [-0.1, -0.05) is 154 Å². The summed E-state index contributed by atoms with van der Waals surface area (Å²) in [6, 6.07) is 103. The van der Waals surface area contributed by atoms with E-state index in [1.54, 1.807) is 30.7 Å². The monoisotopic (exact) mass is 2440 g/mol. The van der Waals surface area contributed by atoms with Crippen molar-refractivity contribution in [1.29, 1.82) is 0 Å². The molecule has 2 aliphatic carbocycles. The molecule has 131 heavy (non-hydrogen) atoms. The summed E-state index contributed by atoms with van der Waals surface area (Å²) in [6.07, 6.45) is 18.5. The van der Waals surface area contributed by atoms with E-state index in [9.17, 15) is 13.2 Å². The predicted octanol–water partition coefficient (Wildman–Crippen LogP) is 27.3. The number of halogens is 3. The van der Waals surface area contributed by atoms with Crippen LogP contribution in [-0.4, -0.2) is 40.3 Å². The molecule has 4 radical (unpaired) electrons. The third kappa shape index (κ3) is 21.7. The van der Waals surface area contributed by atoms with E-state index in [2.05, 4.69) is 282 Å². The summed E-state index contributed by atoms with van der Waals surface area (Å²) in [5.74, 6) is 22.1. The van der Waals surface area contributed by atoms with Crippen LogP contribution in [0, 0.1) is 124 Å². The molecule has 6 aromatic heterocycles. The second-order valence-electron chi connectivity index (χ2n) is 30.7. The molecular formula is C112H93F3Ir4N8O4-4. The van der Waals surface area contributed by atoms with Crippen LogP contribution in [0.3, 0.4) is 0 Å². The number of terminal acetylenes is 2. The molecule has 0 bridgehead atoms. The van der Waals surface area contributed by atoms with Crippen molar-refractivity contribution in [2.24, 2.45) is 0 Å². The zero-order valence-corrected chi connectivity index (χ0v) is 80.8. The number of aromatic nitrogens is 8. The molecule has 666 valence electrons. The average Bonchev–Trinajstić information content (AvgIpc) is 1.50. The van der Waals surface area contributed by atoms with Crippen molar-refractivity contribution >= 4 is 0 Å². The van der Waals surface area contributed by atoms with Gasteiger partial charge in [0.25, 0.3) is 0 Å². The molecule has 0 N–H and O–H groups in total. The van der Waals surface area contributed by atoms with Gasteiger partial charge in [-0.15, -0.1) is 164 Å². The molecule has 6 heterocycles. The van der Waals surface area contributed by atoms with Gasteiger partial charge in [0.1, 0.15) is 12.2 Å². The van der Waals surface area contributed by atoms with E-state index >= 15 is 0 Å². The topological polar surface area (TPSA) is 148 Å². The van der Waals surface area contributed by atoms with Crippen LogP contribution in [0.2, 0.25) is 0 Å². The molecule has 11 aromatic carbocycles. The maximum Gasteiger partial charge on any atom is 0.416 e. The minimum atomic E-state index is -4.39. The Bertz CT molecular complexity index is 7230. The Kier molecular flexibility index (Phi) is 31.6. The zero-order chi connectivity index (χ0) is 88.0. The van der Waals surface area contributed by atoms with Crippen molar-refractivity contribution in [2.75, 3.05) is 0 Å².